The van der Waals surface area contributed by atoms with Gasteiger partial charge in [-0.2, -0.15) is 5.10 Å². The zero-order valence-corrected chi connectivity index (χ0v) is 10.5. The number of nitrogens with one attached hydrogen (secondary N) is 1. The van der Waals surface area contributed by atoms with Gasteiger partial charge in [-0.25, -0.2) is 0 Å². The Morgan fingerprint density at radius 3 is 2.53 bits per heavy atom. The van der Waals surface area contributed by atoms with Crippen LogP contribution in [-0.4, -0.2) is 22.9 Å². The summed E-state index contributed by atoms with van der Waals surface area (Å²) in [5.74, 6) is 0.548. The van der Waals surface area contributed by atoms with E-state index in [0.717, 1.165) is 13.0 Å². The van der Waals surface area contributed by atoms with E-state index in [-0.39, 0.29) is 0 Å². The monoisotopic (exact) mass is 209 g/mol. The zero-order valence-electron chi connectivity index (χ0n) is 10.5. The van der Waals surface area contributed by atoms with Gasteiger partial charge in [0.2, 0.25) is 0 Å². The second kappa shape index (κ2) is 5.31. The molecule has 1 unspecified atom stereocenters. The summed E-state index contributed by atoms with van der Waals surface area (Å²) in [5, 5.41) is 7.70. The lowest BCUT2D eigenvalue weighted by atomic mass is 10.0. The van der Waals surface area contributed by atoms with Crippen LogP contribution in [-0.2, 0) is 13.0 Å². The lowest BCUT2D eigenvalue weighted by molar-refractivity contribution is 0.578. The maximum Gasteiger partial charge on any atom is 0.0525 e. The van der Waals surface area contributed by atoms with E-state index in [9.17, 15) is 0 Å². The van der Waals surface area contributed by atoms with E-state index in [0.29, 0.717) is 12.0 Å². The zero-order chi connectivity index (χ0) is 11.4. The Hall–Kier alpha value is -0.830. The number of likely N-dealkylation sites (N-methyl/N-ethyl adjacent to an activating group) is 1. The summed E-state index contributed by atoms with van der Waals surface area (Å²) in [6.45, 7) is 9.77. The second-order valence-corrected chi connectivity index (χ2v) is 4.42. The van der Waals surface area contributed by atoms with Crippen LogP contribution in [0.4, 0.5) is 0 Å². The first kappa shape index (κ1) is 12.2. The number of aromatic nitrogens is 2. The average Bonchev–Trinajstić information content (AvgIpc) is 2.60. The molecule has 0 bridgehead atoms. The van der Waals surface area contributed by atoms with Gasteiger partial charge in [0.15, 0.2) is 0 Å². The predicted octanol–water partition coefficient (Wildman–Crippen LogP) is 2.18. The van der Waals surface area contributed by atoms with Gasteiger partial charge in [0.1, 0.15) is 0 Å². The fraction of sp³-hybridized carbons (Fsp3) is 0.750. The standard InChI is InChI=1S/C12H23N3/c1-6-15-12(9(2)3)11(8-14-15)7-10(4)13-5/h8-10,13H,6-7H2,1-5H3. The molecule has 0 radical (unpaired) electrons. The molecule has 86 valence electrons. The van der Waals surface area contributed by atoms with Crippen LogP contribution in [0.25, 0.3) is 0 Å². The molecule has 0 saturated carbocycles. The van der Waals surface area contributed by atoms with Gasteiger partial charge in [-0.3, -0.25) is 4.68 Å². The summed E-state index contributed by atoms with van der Waals surface area (Å²) in [5.41, 5.74) is 2.77. The molecule has 3 nitrogen and oxygen atoms in total. The number of nitrogens with zero attached hydrogens (tertiary/aromatic N) is 2. The van der Waals surface area contributed by atoms with Crippen molar-refractivity contribution in [2.75, 3.05) is 7.05 Å². The fourth-order valence-corrected chi connectivity index (χ4v) is 1.94. The number of rotatable bonds is 5. The van der Waals surface area contributed by atoms with Crippen molar-refractivity contribution in [1.29, 1.82) is 0 Å². The van der Waals surface area contributed by atoms with Crippen molar-refractivity contribution in [2.45, 2.75) is 52.6 Å². The van der Waals surface area contributed by atoms with E-state index in [4.69, 9.17) is 0 Å². The second-order valence-electron chi connectivity index (χ2n) is 4.42. The molecular formula is C12H23N3. The Labute approximate surface area is 92.9 Å². The predicted molar refractivity (Wildman–Crippen MR) is 64.2 cm³/mol. The molecule has 1 heterocycles. The highest BCUT2D eigenvalue weighted by molar-refractivity contribution is 5.22. The van der Waals surface area contributed by atoms with Crippen LogP contribution >= 0.6 is 0 Å². The maximum absolute atomic E-state index is 4.43. The number of hydrogen-bond acceptors (Lipinski definition) is 2. The summed E-state index contributed by atoms with van der Waals surface area (Å²) in [6, 6.07) is 0.511. The first-order chi connectivity index (χ1) is 7.10. The minimum Gasteiger partial charge on any atom is -0.317 e. The highest BCUT2D eigenvalue weighted by atomic mass is 15.3. The van der Waals surface area contributed by atoms with Crippen LogP contribution in [0.1, 0.15) is 44.9 Å². The molecule has 0 aliphatic heterocycles. The molecule has 0 spiro atoms. The van der Waals surface area contributed by atoms with Crippen molar-refractivity contribution in [3.05, 3.63) is 17.5 Å². The first-order valence-corrected chi connectivity index (χ1v) is 5.82. The minimum absolute atomic E-state index is 0.511. The summed E-state index contributed by atoms with van der Waals surface area (Å²) >= 11 is 0. The van der Waals surface area contributed by atoms with Gasteiger partial charge in [-0.1, -0.05) is 13.8 Å². The summed E-state index contributed by atoms with van der Waals surface area (Å²) in [7, 11) is 2.00. The quantitative estimate of drug-likeness (QED) is 0.805. The molecule has 3 heteroatoms. The van der Waals surface area contributed by atoms with Gasteiger partial charge < -0.3 is 5.32 Å². The van der Waals surface area contributed by atoms with Gasteiger partial charge in [0.25, 0.3) is 0 Å². The van der Waals surface area contributed by atoms with Crippen LogP contribution < -0.4 is 5.32 Å². The molecule has 0 saturated heterocycles. The highest BCUT2D eigenvalue weighted by Gasteiger charge is 2.14. The molecule has 0 aliphatic rings. The van der Waals surface area contributed by atoms with Crippen molar-refractivity contribution in [1.82, 2.24) is 15.1 Å². The van der Waals surface area contributed by atoms with Gasteiger partial charge in [0.05, 0.1) is 6.20 Å². The van der Waals surface area contributed by atoms with Gasteiger partial charge in [-0.05, 0) is 38.8 Å². The van der Waals surface area contributed by atoms with Crippen LogP contribution in [0, 0.1) is 0 Å². The lowest BCUT2D eigenvalue weighted by Crippen LogP contribution is -2.24. The molecule has 1 atom stereocenters. The number of hydrogen-bond donors (Lipinski definition) is 1. The third kappa shape index (κ3) is 2.81. The molecule has 15 heavy (non-hydrogen) atoms. The summed E-state index contributed by atoms with van der Waals surface area (Å²) in [6.07, 6.45) is 3.08. The van der Waals surface area contributed by atoms with Crippen LogP contribution in [0.15, 0.2) is 6.20 Å². The molecule has 1 aromatic rings. The molecule has 0 amide bonds. The van der Waals surface area contributed by atoms with Crippen molar-refractivity contribution in [3.63, 3.8) is 0 Å². The Bertz CT molecular complexity index is 302. The van der Waals surface area contributed by atoms with Gasteiger partial charge in [-0.15, -0.1) is 0 Å². The van der Waals surface area contributed by atoms with Crippen molar-refractivity contribution >= 4 is 0 Å². The molecule has 1 N–H and O–H groups in total. The topological polar surface area (TPSA) is 29.9 Å². The lowest BCUT2D eigenvalue weighted by Gasteiger charge is -2.14. The molecule has 0 aromatic carbocycles. The first-order valence-electron chi connectivity index (χ1n) is 5.82. The minimum atomic E-state index is 0.511. The largest absolute Gasteiger partial charge is 0.317 e. The van der Waals surface area contributed by atoms with E-state index in [1.807, 2.05) is 13.2 Å². The van der Waals surface area contributed by atoms with E-state index in [2.05, 4.69) is 42.8 Å². The van der Waals surface area contributed by atoms with Crippen LogP contribution in [0.5, 0.6) is 0 Å². The third-order valence-corrected chi connectivity index (χ3v) is 2.83. The van der Waals surface area contributed by atoms with E-state index >= 15 is 0 Å². The van der Waals surface area contributed by atoms with Crippen molar-refractivity contribution < 1.29 is 0 Å². The van der Waals surface area contributed by atoms with Gasteiger partial charge >= 0.3 is 0 Å². The summed E-state index contributed by atoms with van der Waals surface area (Å²) in [4.78, 5) is 0. The SMILES string of the molecule is CCn1ncc(CC(C)NC)c1C(C)C. The Morgan fingerprint density at radius 2 is 2.07 bits per heavy atom. The smallest absolute Gasteiger partial charge is 0.0525 e. The maximum atomic E-state index is 4.43. The molecular weight excluding hydrogens is 186 g/mol. The molecule has 1 rings (SSSR count). The normalized spacial score (nSPS) is 13.5. The molecule has 1 aromatic heterocycles. The van der Waals surface area contributed by atoms with Crippen molar-refractivity contribution in [3.8, 4) is 0 Å². The van der Waals surface area contributed by atoms with E-state index in [1.54, 1.807) is 0 Å². The van der Waals surface area contributed by atoms with Crippen molar-refractivity contribution in [2.24, 2.45) is 0 Å². The number of aryl methyl sites for hydroxylation is 1. The molecule has 0 aliphatic carbocycles. The Kier molecular flexibility index (Phi) is 4.33. The Morgan fingerprint density at radius 1 is 1.40 bits per heavy atom. The summed E-state index contributed by atoms with van der Waals surface area (Å²) < 4.78 is 2.11. The highest BCUT2D eigenvalue weighted by Crippen LogP contribution is 2.20. The third-order valence-electron chi connectivity index (χ3n) is 2.83. The van der Waals surface area contributed by atoms with E-state index in [1.165, 1.54) is 11.3 Å². The van der Waals surface area contributed by atoms with E-state index < -0.39 is 0 Å². The fourth-order valence-electron chi connectivity index (χ4n) is 1.94. The average molecular weight is 209 g/mol. The molecule has 0 fully saturated rings. The van der Waals surface area contributed by atoms with Gasteiger partial charge in [0, 0.05) is 18.3 Å². The van der Waals surface area contributed by atoms with Crippen LogP contribution in [0.3, 0.4) is 0 Å². The Balaban J connectivity index is 2.92. The van der Waals surface area contributed by atoms with Crippen LogP contribution in [0.2, 0.25) is 0 Å².